The summed E-state index contributed by atoms with van der Waals surface area (Å²) in [5, 5.41) is 13.5. The molecule has 0 aliphatic carbocycles. The third-order valence-electron chi connectivity index (χ3n) is 3.68. The van der Waals surface area contributed by atoms with Gasteiger partial charge in [-0.15, -0.1) is 0 Å². The van der Waals surface area contributed by atoms with Gasteiger partial charge in [0, 0.05) is 26.2 Å². The Labute approximate surface area is 107 Å². The second-order valence-electron chi connectivity index (χ2n) is 5.21. The largest absolute Gasteiger partial charge is 0.481 e. The summed E-state index contributed by atoms with van der Waals surface area (Å²) in [5.74, 6) is -0.684. The van der Waals surface area contributed by atoms with Crippen LogP contribution in [0.5, 0.6) is 0 Å². The lowest BCUT2D eigenvalue weighted by atomic mass is 9.99. The Balaban J connectivity index is 2.04. The number of aryl methyl sites for hydroxylation is 2. The first kappa shape index (κ1) is 13.1. The van der Waals surface area contributed by atoms with Gasteiger partial charge in [0.2, 0.25) is 0 Å². The average molecular weight is 251 g/mol. The second-order valence-corrected chi connectivity index (χ2v) is 5.21. The summed E-state index contributed by atoms with van der Waals surface area (Å²) in [6.45, 7) is 9.22. The fraction of sp³-hybridized carbons (Fsp3) is 0.692. The predicted octanol–water partition coefficient (Wildman–Crippen LogP) is 1.36. The van der Waals surface area contributed by atoms with Crippen LogP contribution in [0.2, 0.25) is 0 Å². The molecule has 1 aromatic heterocycles. The quantitative estimate of drug-likeness (QED) is 0.878. The fourth-order valence-corrected chi connectivity index (χ4v) is 2.75. The van der Waals surface area contributed by atoms with Crippen molar-refractivity contribution in [1.82, 2.24) is 14.7 Å². The van der Waals surface area contributed by atoms with E-state index in [4.69, 9.17) is 5.11 Å². The summed E-state index contributed by atoms with van der Waals surface area (Å²) in [6.07, 6.45) is 0. The number of hydrogen-bond donors (Lipinski definition) is 1. The van der Waals surface area contributed by atoms with Gasteiger partial charge in [0.15, 0.2) is 0 Å². The van der Waals surface area contributed by atoms with E-state index in [9.17, 15) is 4.79 Å². The molecule has 2 heterocycles. The van der Waals surface area contributed by atoms with Crippen molar-refractivity contribution in [3.8, 4) is 0 Å². The van der Waals surface area contributed by atoms with Crippen molar-refractivity contribution in [3.63, 3.8) is 0 Å². The van der Waals surface area contributed by atoms with Gasteiger partial charge in [0.05, 0.1) is 17.3 Å². The molecule has 1 aromatic rings. The number of aliphatic carboxylic acids is 1. The molecule has 0 amide bonds. The van der Waals surface area contributed by atoms with E-state index in [0.29, 0.717) is 6.54 Å². The summed E-state index contributed by atoms with van der Waals surface area (Å²) in [4.78, 5) is 13.3. The van der Waals surface area contributed by atoms with Gasteiger partial charge in [-0.1, -0.05) is 6.92 Å². The lowest BCUT2D eigenvalue weighted by Gasteiger charge is -2.15. The van der Waals surface area contributed by atoms with Crippen molar-refractivity contribution in [2.24, 2.45) is 11.8 Å². The normalized spacial score (nSPS) is 24.6. The lowest BCUT2D eigenvalue weighted by Crippen LogP contribution is -2.24. The molecule has 2 unspecified atom stereocenters. The van der Waals surface area contributed by atoms with Crippen LogP contribution in [0.1, 0.15) is 25.2 Å². The minimum atomic E-state index is -0.676. The number of hydrogen-bond acceptors (Lipinski definition) is 3. The van der Waals surface area contributed by atoms with Gasteiger partial charge < -0.3 is 5.11 Å². The van der Waals surface area contributed by atoms with Crippen LogP contribution >= 0.6 is 0 Å². The molecule has 18 heavy (non-hydrogen) atoms. The van der Waals surface area contributed by atoms with E-state index < -0.39 is 5.97 Å². The first-order valence-electron chi connectivity index (χ1n) is 6.49. The highest BCUT2D eigenvalue weighted by Crippen LogP contribution is 2.24. The summed E-state index contributed by atoms with van der Waals surface area (Å²) >= 11 is 0. The van der Waals surface area contributed by atoms with Crippen molar-refractivity contribution >= 4 is 5.97 Å². The minimum absolute atomic E-state index is 0.224. The highest BCUT2D eigenvalue weighted by molar-refractivity contribution is 5.71. The highest BCUT2D eigenvalue weighted by Gasteiger charge is 2.34. The lowest BCUT2D eigenvalue weighted by molar-refractivity contribution is -0.142. The molecule has 0 aromatic carbocycles. The maximum atomic E-state index is 11.1. The molecule has 2 atom stereocenters. The van der Waals surface area contributed by atoms with Crippen molar-refractivity contribution in [3.05, 3.63) is 17.5 Å². The van der Waals surface area contributed by atoms with E-state index >= 15 is 0 Å². The smallest absolute Gasteiger partial charge is 0.308 e. The molecular weight excluding hydrogens is 230 g/mol. The van der Waals surface area contributed by atoms with E-state index in [1.165, 1.54) is 5.69 Å². The molecule has 1 aliphatic heterocycles. The maximum Gasteiger partial charge on any atom is 0.308 e. The molecule has 1 saturated heterocycles. The number of carboxylic acid groups (broad SMARTS) is 1. The molecule has 1 fully saturated rings. The van der Waals surface area contributed by atoms with Gasteiger partial charge in [0.25, 0.3) is 0 Å². The molecule has 2 rings (SSSR count). The van der Waals surface area contributed by atoms with Gasteiger partial charge in [-0.25, -0.2) is 0 Å². The Kier molecular flexibility index (Phi) is 3.71. The zero-order valence-electron chi connectivity index (χ0n) is 11.3. The first-order valence-corrected chi connectivity index (χ1v) is 6.49. The molecule has 0 radical (unpaired) electrons. The minimum Gasteiger partial charge on any atom is -0.481 e. The summed E-state index contributed by atoms with van der Waals surface area (Å²) < 4.78 is 1.99. The summed E-state index contributed by atoms with van der Waals surface area (Å²) in [5.41, 5.74) is 2.20. The fourth-order valence-electron chi connectivity index (χ4n) is 2.75. The molecule has 5 nitrogen and oxygen atoms in total. The van der Waals surface area contributed by atoms with Crippen LogP contribution in [0.3, 0.4) is 0 Å². The standard InChI is InChI=1S/C13H21N3O2/c1-4-16-11(5-10(3)14-16)7-15-6-9(2)12(8-15)13(17)18/h5,9,12H,4,6-8H2,1-3H3,(H,17,18). The molecular formula is C13H21N3O2. The highest BCUT2D eigenvalue weighted by atomic mass is 16.4. The third-order valence-corrected chi connectivity index (χ3v) is 3.68. The van der Waals surface area contributed by atoms with Gasteiger partial charge >= 0.3 is 5.97 Å². The number of nitrogens with zero attached hydrogens (tertiary/aromatic N) is 3. The van der Waals surface area contributed by atoms with Crippen LogP contribution < -0.4 is 0 Å². The molecule has 0 bridgehead atoms. The molecule has 1 aliphatic rings. The summed E-state index contributed by atoms with van der Waals surface area (Å²) in [6, 6.07) is 2.09. The topological polar surface area (TPSA) is 58.4 Å². The van der Waals surface area contributed by atoms with Crippen LogP contribution in [0.15, 0.2) is 6.07 Å². The predicted molar refractivity (Wildman–Crippen MR) is 68.2 cm³/mol. The number of likely N-dealkylation sites (tertiary alicyclic amines) is 1. The number of aromatic nitrogens is 2. The van der Waals surface area contributed by atoms with Crippen molar-refractivity contribution in [2.45, 2.75) is 33.9 Å². The Morgan fingerprint density at radius 3 is 2.83 bits per heavy atom. The van der Waals surface area contributed by atoms with Crippen LogP contribution in [-0.4, -0.2) is 38.8 Å². The van der Waals surface area contributed by atoms with Gasteiger partial charge in [-0.05, 0) is 25.8 Å². The third kappa shape index (κ3) is 2.56. The zero-order chi connectivity index (χ0) is 13.3. The van der Waals surface area contributed by atoms with Gasteiger partial charge in [-0.2, -0.15) is 5.10 Å². The monoisotopic (exact) mass is 251 g/mol. The van der Waals surface area contributed by atoms with E-state index in [1.54, 1.807) is 0 Å². The second kappa shape index (κ2) is 5.10. The Morgan fingerprint density at radius 1 is 1.56 bits per heavy atom. The Hall–Kier alpha value is -1.36. The average Bonchev–Trinajstić information content (AvgIpc) is 2.82. The number of carbonyl (C=O) groups is 1. The van der Waals surface area contributed by atoms with Crippen LogP contribution in [0.4, 0.5) is 0 Å². The Bertz CT molecular complexity index is 441. The molecule has 0 saturated carbocycles. The van der Waals surface area contributed by atoms with Crippen molar-refractivity contribution in [1.29, 1.82) is 0 Å². The van der Waals surface area contributed by atoms with E-state index in [0.717, 1.165) is 25.3 Å². The van der Waals surface area contributed by atoms with Crippen molar-refractivity contribution in [2.75, 3.05) is 13.1 Å². The molecule has 0 spiro atoms. The van der Waals surface area contributed by atoms with Gasteiger partial charge in [0.1, 0.15) is 0 Å². The molecule has 5 heteroatoms. The Morgan fingerprint density at radius 2 is 2.28 bits per heavy atom. The first-order chi connectivity index (χ1) is 8.51. The zero-order valence-corrected chi connectivity index (χ0v) is 11.3. The van der Waals surface area contributed by atoms with Gasteiger partial charge in [-0.3, -0.25) is 14.4 Å². The van der Waals surface area contributed by atoms with Crippen LogP contribution in [0, 0.1) is 18.8 Å². The molecule has 100 valence electrons. The molecule has 1 N–H and O–H groups in total. The SMILES string of the molecule is CCn1nc(C)cc1CN1CC(C)C(C(=O)O)C1. The van der Waals surface area contributed by atoms with Crippen LogP contribution in [0.25, 0.3) is 0 Å². The van der Waals surface area contributed by atoms with Crippen LogP contribution in [-0.2, 0) is 17.9 Å². The van der Waals surface area contributed by atoms with E-state index in [-0.39, 0.29) is 11.8 Å². The summed E-state index contributed by atoms with van der Waals surface area (Å²) in [7, 11) is 0. The number of rotatable bonds is 4. The number of carboxylic acids is 1. The van der Waals surface area contributed by atoms with E-state index in [2.05, 4.69) is 23.0 Å². The van der Waals surface area contributed by atoms with E-state index in [1.807, 2.05) is 18.5 Å². The maximum absolute atomic E-state index is 11.1. The van der Waals surface area contributed by atoms with Crippen molar-refractivity contribution < 1.29 is 9.90 Å².